The Morgan fingerprint density at radius 1 is 1.12 bits per heavy atom. The Bertz CT molecular complexity index is 640. The molecule has 0 radical (unpaired) electrons. The summed E-state index contributed by atoms with van der Waals surface area (Å²) in [7, 11) is 0. The molecule has 132 valence electrons. The molecule has 0 bridgehead atoms. The molecule has 1 unspecified atom stereocenters. The third-order valence-corrected chi connectivity index (χ3v) is 5.57. The van der Waals surface area contributed by atoms with Crippen LogP contribution in [-0.2, 0) is 6.42 Å². The SMILES string of the molecule is CCCCCCCc1cc(O)c2c(c1)OC(C)(C)C1=C2CC(C)C1. The standard InChI is InChI=1S/C22H32O2/c1-5-6-7-8-9-10-16-13-19(23)21-17-11-15(2)12-18(17)22(3,4)24-20(21)14-16/h13-15,23H,5-12H2,1-4H3. The largest absolute Gasteiger partial charge is 0.507 e. The van der Waals surface area contributed by atoms with Gasteiger partial charge in [-0.05, 0) is 74.3 Å². The van der Waals surface area contributed by atoms with Gasteiger partial charge in [-0.25, -0.2) is 0 Å². The molecule has 0 saturated heterocycles. The van der Waals surface area contributed by atoms with Crippen molar-refractivity contribution in [1.82, 2.24) is 0 Å². The van der Waals surface area contributed by atoms with Crippen LogP contribution >= 0.6 is 0 Å². The van der Waals surface area contributed by atoms with E-state index < -0.39 is 0 Å². The lowest BCUT2D eigenvalue weighted by atomic mass is 9.86. The van der Waals surface area contributed by atoms with Gasteiger partial charge < -0.3 is 9.84 Å². The number of phenolic OH excluding ortho intramolecular Hbond substituents is 1. The van der Waals surface area contributed by atoms with E-state index in [4.69, 9.17) is 4.74 Å². The fraction of sp³-hybridized carbons (Fsp3) is 0.636. The second kappa shape index (κ2) is 6.82. The molecule has 0 amide bonds. The molecule has 1 aromatic rings. The summed E-state index contributed by atoms with van der Waals surface area (Å²) in [6, 6.07) is 4.14. The van der Waals surface area contributed by atoms with Gasteiger partial charge in [-0.3, -0.25) is 0 Å². The fourth-order valence-corrected chi connectivity index (χ4v) is 4.33. The molecule has 1 aliphatic heterocycles. The first-order valence-electron chi connectivity index (χ1n) is 9.70. The first-order valence-corrected chi connectivity index (χ1v) is 9.70. The molecule has 0 saturated carbocycles. The lowest BCUT2D eigenvalue weighted by Gasteiger charge is -2.35. The first kappa shape index (κ1) is 17.4. The summed E-state index contributed by atoms with van der Waals surface area (Å²) < 4.78 is 6.33. The Morgan fingerprint density at radius 3 is 2.62 bits per heavy atom. The van der Waals surface area contributed by atoms with Crippen LogP contribution in [0, 0.1) is 5.92 Å². The van der Waals surface area contributed by atoms with E-state index in [2.05, 4.69) is 33.8 Å². The molecule has 24 heavy (non-hydrogen) atoms. The van der Waals surface area contributed by atoms with Gasteiger partial charge in [0.1, 0.15) is 17.1 Å². The van der Waals surface area contributed by atoms with Crippen LogP contribution in [0.5, 0.6) is 11.5 Å². The Labute approximate surface area is 146 Å². The normalized spacial score (nSPS) is 21.4. The average molecular weight is 328 g/mol. The van der Waals surface area contributed by atoms with Crippen molar-refractivity contribution in [3.63, 3.8) is 0 Å². The van der Waals surface area contributed by atoms with Crippen LogP contribution in [-0.4, -0.2) is 10.7 Å². The van der Waals surface area contributed by atoms with Gasteiger partial charge in [0.2, 0.25) is 0 Å². The second-order valence-electron chi connectivity index (χ2n) is 8.24. The van der Waals surface area contributed by atoms with E-state index in [-0.39, 0.29) is 5.60 Å². The minimum Gasteiger partial charge on any atom is -0.507 e. The summed E-state index contributed by atoms with van der Waals surface area (Å²) in [6.07, 6.45) is 9.53. The number of unbranched alkanes of at least 4 members (excludes halogenated alkanes) is 4. The highest BCUT2D eigenvalue weighted by Crippen LogP contribution is 2.53. The lowest BCUT2D eigenvalue weighted by molar-refractivity contribution is 0.140. The summed E-state index contributed by atoms with van der Waals surface area (Å²) in [6.45, 7) is 8.86. The van der Waals surface area contributed by atoms with Crippen molar-refractivity contribution < 1.29 is 9.84 Å². The van der Waals surface area contributed by atoms with Gasteiger partial charge in [0, 0.05) is 0 Å². The topological polar surface area (TPSA) is 29.5 Å². The number of aryl methyl sites for hydroxylation is 1. The van der Waals surface area contributed by atoms with E-state index in [9.17, 15) is 5.11 Å². The summed E-state index contributed by atoms with van der Waals surface area (Å²) in [5.41, 5.74) is 4.63. The van der Waals surface area contributed by atoms with Gasteiger partial charge in [0.25, 0.3) is 0 Å². The van der Waals surface area contributed by atoms with E-state index in [0.717, 1.165) is 30.6 Å². The second-order valence-corrected chi connectivity index (χ2v) is 8.24. The van der Waals surface area contributed by atoms with Crippen LogP contribution in [0.25, 0.3) is 5.57 Å². The molecule has 1 heterocycles. The van der Waals surface area contributed by atoms with Crippen molar-refractivity contribution in [2.24, 2.45) is 5.92 Å². The molecule has 3 rings (SSSR count). The molecule has 1 N–H and O–H groups in total. The van der Waals surface area contributed by atoms with Crippen molar-refractivity contribution in [3.05, 3.63) is 28.8 Å². The Hall–Kier alpha value is -1.44. The van der Waals surface area contributed by atoms with Gasteiger partial charge in [0.05, 0.1) is 5.56 Å². The number of ether oxygens (including phenoxy) is 1. The van der Waals surface area contributed by atoms with Crippen molar-refractivity contribution in [3.8, 4) is 11.5 Å². The molecule has 0 aromatic heterocycles. The molecule has 2 nitrogen and oxygen atoms in total. The van der Waals surface area contributed by atoms with E-state index in [1.807, 2.05) is 6.07 Å². The van der Waals surface area contributed by atoms with Gasteiger partial charge in [-0.15, -0.1) is 0 Å². The number of hydrogen-bond donors (Lipinski definition) is 1. The summed E-state index contributed by atoms with van der Waals surface area (Å²) in [4.78, 5) is 0. The van der Waals surface area contributed by atoms with Crippen molar-refractivity contribution in [2.75, 3.05) is 0 Å². The number of aromatic hydroxyl groups is 1. The predicted octanol–water partition coefficient (Wildman–Crippen LogP) is 6.26. The first-order chi connectivity index (χ1) is 11.4. The quantitative estimate of drug-likeness (QED) is 0.624. The highest BCUT2D eigenvalue weighted by atomic mass is 16.5. The zero-order valence-electron chi connectivity index (χ0n) is 15.7. The van der Waals surface area contributed by atoms with Crippen molar-refractivity contribution in [1.29, 1.82) is 0 Å². The molecule has 2 heteroatoms. The van der Waals surface area contributed by atoms with Crippen molar-refractivity contribution >= 4 is 5.57 Å². The van der Waals surface area contributed by atoms with Crippen molar-refractivity contribution in [2.45, 2.75) is 84.7 Å². The Kier molecular flexibility index (Phi) is 4.94. The summed E-state index contributed by atoms with van der Waals surface area (Å²) in [5, 5.41) is 10.7. The summed E-state index contributed by atoms with van der Waals surface area (Å²) >= 11 is 0. The maximum absolute atomic E-state index is 10.7. The molecular formula is C22H32O2. The number of rotatable bonds is 6. The third-order valence-electron chi connectivity index (χ3n) is 5.57. The van der Waals surface area contributed by atoms with E-state index >= 15 is 0 Å². The van der Waals surface area contributed by atoms with Crippen LogP contribution in [0.1, 0.15) is 83.8 Å². The number of fused-ring (bicyclic) bond motifs is 2. The molecule has 0 fully saturated rings. The number of phenols is 1. The zero-order chi connectivity index (χ0) is 17.3. The zero-order valence-corrected chi connectivity index (χ0v) is 15.7. The van der Waals surface area contributed by atoms with E-state index in [0.29, 0.717) is 11.7 Å². The average Bonchev–Trinajstić information content (AvgIpc) is 2.89. The number of benzene rings is 1. The van der Waals surface area contributed by atoms with Gasteiger partial charge in [-0.1, -0.05) is 39.5 Å². The third kappa shape index (κ3) is 3.34. The highest BCUT2D eigenvalue weighted by Gasteiger charge is 2.40. The number of hydrogen-bond acceptors (Lipinski definition) is 2. The van der Waals surface area contributed by atoms with Crippen LogP contribution < -0.4 is 4.74 Å². The maximum Gasteiger partial charge on any atom is 0.132 e. The van der Waals surface area contributed by atoms with Gasteiger partial charge in [-0.2, -0.15) is 0 Å². The minimum atomic E-state index is -0.251. The lowest BCUT2D eigenvalue weighted by Crippen LogP contribution is -2.33. The van der Waals surface area contributed by atoms with E-state index in [1.165, 1.54) is 48.8 Å². The Balaban J connectivity index is 1.82. The molecule has 1 aliphatic carbocycles. The number of allylic oxidation sites excluding steroid dienone is 1. The maximum atomic E-state index is 10.7. The van der Waals surface area contributed by atoms with E-state index in [1.54, 1.807) is 0 Å². The molecular weight excluding hydrogens is 296 g/mol. The highest BCUT2D eigenvalue weighted by molar-refractivity contribution is 5.82. The van der Waals surface area contributed by atoms with Crippen LogP contribution in [0.3, 0.4) is 0 Å². The molecule has 0 spiro atoms. The molecule has 1 aromatic carbocycles. The molecule has 1 atom stereocenters. The smallest absolute Gasteiger partial charge is 0.132 e. The summed E-state index contributed by atoms with van der Waals surface area (Å²) in [5.74, 6) is 1.94. The Morgan fingerprint density at radius 2 is 1.88 bits per heavy atom. The predicted molar refractivity (Wildman–Crippen MR) is 101 cm³/mol. The van der Waals surface area contributed by atoms with Crippen LogP contribution in [0.4, 0.5) is 0 Å². The van der Waals surface area contributed by atoms with Gasteiger partial charge >= 0.3 is 0 Å². The van der Waals surface area contributed by atoms with Crippen LogP contribution in [0.15, 0.2) is 17.7 Å². The van der Waals surface area contributed by atoms with Gasteiger partial charge in [0.15, 0.2) is 0 Å². The fourth-order valence-electron chi connectivity index (χ4n) is 4.33. The monoisotopic (exact) mass is 328 g/mol. The van der Waals surface area contributed by atoms with Crippen LogP contribution in [0.2, 0.25) is 0 Å². The minimum absolute atomic E-state index is 0.251. The molecule has 2 aliphatic rings.